The Morgan fingerprint density at radius 3 is 3.07 bits per heavy atom. The van der Waals surface area contributed by atoms with E-state index in [1.54, 1.807) is 6.20 Å². The molecule has 4 heteroatoms. The number of hydrogen-bond acceptors (Lipinski definition) is 4. The van der Waals surface area contributed by atoms with E-state index in [0.29, 0.717) is 5.88 Å². The van der Waals surface area contributed by atoms with Gasteiger partial charge < -0.3 is 10.3 Å². The molecule has 1 aliphatic heterocycles. The Kier molecular flexibility index (Phi) is 1.95. The number of benzene rings is 1. The van der Waals surface area contributed by atoms with Crippen LogP contribution in [0.1, 0.15) is 5.56 Å². The van der Waals surface area contributed by atoms with E-state index in [-0.39, 0.29) is 0 Å². The van der Waals surface area contributed by atoms with Gasteiger partial charge in [-0.15, -0.1) is 11.8 Å². The van der Waals surface area contributed by atoms with Crippen LogP contribution in [-0.4, -0.2) is 10.9 Å². The quantitative estimate of drug-likeness (QED) is 0.799. The summed E-state index contributed by atoms with van der Waals surface area (Å²) < 4.78 is 4.90. The zero-order chi connectivity index (χ0) is 10.3. The Morgan fingerprint density at radius 2 is 2.27 bits per heavy atom. The number of aromatic nitrogens is 1. The molecule has 1 aliphatic rings. The predicted molar refractivity (Wildman–Crippen MR) is 60.8 cm³/mol. The van der Waals surface area contributed by atoms with Gasteiger partial charge in [-0.05, 0) is 12.0 Å². The summed E-state index contributed by atoms with van der Waals surface area (Å²) >= 11 is 1.88. The van der Waals surface area contributed by atoms with Gasteiger partial charge in [-0.1, -0.05) is 23.4 Å². The molecule has 1 aromatic heterocycles. The van der Waals surface area contributed by atoms with Crippen LogP contribution in [0.5, 0.6) is 0 Å². The zero-order valence-electron chi connectivity index (χ0n) is 8.06. The van der Waals surface area contributed by atoms with Gasteiger partial charge in [-0.3, -0.25) is 0 Å². The summed E-state index contributed by atoms with van der Waals surface area (Å²) in [6.07, 6.45) is 2.82. The number of thioether (sulfide) groups is 1. The highest BCUT2D eigenvalue weighted by molar-refractivity contribution is 7.99. The SMILES string of the molecule is Nc1oncc1-c1cccc2c1SCC2. The van der Waals surface area contributed by atoms with Crippen molar-refractivity contribution < 1.29 is 4.52 Å². The first-order valence-electron chi connectivity index (χ1n) is 4.81. The van der Waals surface area contributed by atoms with E-state index in [1.165, 1.54) is 10.5 Å². The van der Waals surface area contributed by atoms with Crippen molar-refractivity contribution in [2.45, 2.75) is 11.3 Å². The van der Waals surface area contributed by atoms with Gasteiger partial charge in [0.05, 0.1) is 11.8 Å². The van der Waals surface area contributed by atoms with Crippen molar-refractivity contribution in [1.82, 2.24) is 5.16 Å². The normalized spacial score (nSPS) is 14.1. The number of rotatable bonds is 1. The number of nitrogen functional groups attached to an aromatic ring is 1. The fraction of sp³-hybridized carbons (Fsp3) is 0.182. The molecule has 0 saturated carbocycles. The lowest BCUT2D eigenvalue weighted by molar-refractivity contribution is 0.436. The van der Waals surface area contributed by atoms with Crippen LogP contribution < -0.4 is 5.73 Å². The van der Waals surface area contributed by atoms with E-state index in [4.69, 9.17) is 10.3 Å². The molecular weight excluding hydrogens is 208 g/mol. The van der Waals surface area contributed by atoms with Gasteiger partial charge >= 0.3 is 0 Å². The summed E-state index contributed by atoms with van der Waals surface area (Å²) in [5.41, 5.74) is 9.18. The first-order chi connectivity index (χ1) is 7.36. The van der Waals surface area contributed by atoms with Crippen molar-refractivity contribution in [2.75, 3.05) is 11.5 Å². The summed E-state index contributed by atoms with van der Waals surface area (Å²) in [5.74, 6) is 1.55. The molecule has 0 unspecified atom stereocenters. The van der Waals surface area contributed by atoms with E-state index < -0.39 is 0 Å². The monoisotopic (exact) mass is 218 g/mol. The topological polar surface area (TPSA) is 52.0 Å². The maximum absolute atomic E-state index is 5.73. The fourth-order valence-electron chi connectivity index (χ4n) is 1.88. The predicted octanol–water partition coefficient (Wildman–Crippen LogP) is 2.57. The van der Waals surface area contributed by atoms with Gasteiger partial charge in [0.25, 0.3) is 0 Å². The van der Waals surface area contributed by atoms with E-state index in [0.717, 1.165) is 23.3 Å². The van der Waals surface area contributed by atoms with Crippen LogP contribution >= 0.6 is 11.8 Å². The molecule has 0 amide bonds. The smallest absolute Gasteiger partial charge is 0.229 e. The third kappa shape index (κ3) is 1.33. The van der Waals surface area contributed by atoms with Crippen molar-refractivity contribution in [2.24, 2.45) is 0 Å². The molecule has 0 fully saturated rings. The van der Waals surface area contributed by atoms with Crippen LogP contribution in [0.15, 0.2) is 33.8 Å². The Bertz CT molecular complexity index is 507. The summed E-state index contributed by atoms with van der Waals surface area (Å²) in [6.45, 7) is 0. The zero-order valence-corrected chi connectivity index (χ0v) is 8.88. The molecule has 0 bridgehead atoms. The second-order valence-corrected chi connectivity index (χ2v) is 4.60. The first kappa shape index (κ1) is 8.85. The number of nitrogens with zero attached hydrogens (tertiary/aromatic N) is 1. The minimum absolute atomic E-state index is 0.399. The van der Waals surface area contributed by atoms with Crippen LogP contribution in [0.3, 0.4) is 0 Å². The summed E-state index contributed by atoms with van der Waals surface area (Å²) in [7, 11) is 0. The Morgan fingerprint density at radius 1 is 1.33 bits per heavy atom. The van der Waals surface area contributed by atoms with Gasteiger partial charge in [0.2, 0.25) is 5.88 Å². The van der Waals surface area contributed by atoms with Crippen LogP contribution in [0.4, 0.5) is 5.88 Å². The standard InChI is InChI=1S/C11H10N2OS/c12-11-9(6-13-14-11)8-3-1-2-7-4-5-15-10(7)8/h1-3,6H,4-5,12H2. The highest BCUT2D eigenvalue weighted by Crippen LogP contribution is 2.40. The molecule has 0 radical (unpaired) electrons. The van der Waals surface area contributed by atoms with Gasteiger partial charge in [0, 0.05) is 16.2 Å². The Balaban J connectivity index is 2.21. The van der Waals surface area contributed by atoms with E-state index in [1.807, 2.05) is 11.8 Å². The van der Waals surface area contributed by atoms with E-state index in [2.05, 4.69) is 23.4 Å². The molecule has 2 N–H and O–H groups in total. The fourth-order valence-corrected chi connectivity index (χ4v) is 3.09. The van der Waals surface area contributed by atoms with Gasteiger partial charge in [-0.25, -0.2) is 0 Å². The molecule has 3 rings (SSSR count). The average molecular weight is 218 g/mol. The number of hydrogen-bond donors (Lipinski definition) is 1. The molecule has 2 aromatic rings. The molecular formula is C11H10N2OS. The minimum Gasteiger partial charge on any atom is -0.367 e. The lowest BCUT2D eigenvalue weighted by atomic mass is 10.0. The number of nitrogens with two attached hydrogens (primary N) is 1. The van der Waals surface area contributed by atoms with Gasteiger partial charge in [0.15, 0.2) is 0 Å². The molecule has 0 aliphatic carbocycles. The number of aryl methyl sites for hydroxylation is 1. The molecule has 3 nitrogen and oxygen atoms in total. The second kappa shape index (κ2) is 3.31. The lowest BCUT2D eigenvalue weighted by Crippen LogP contribution is -1.87. The van der Waals surface area contributed by atoms with Gasteiger partial charge in [0.1, 0.15) is 0 Å². The highest BCUT2D eigenvalue weighted by Gasteiger charge is 2.18. The number of fused-ring (bicyclic) bond motifs is 1. The molecule has 0 saturated heterocycles. The van der Waals surface area contributed by atoms with Crippen LogP contribution in [0.25, 0.3) is 11.1 Å². The van der Waals surface area contributed by atoms with Crippen molar-refractivity contribution >= 4 is 17.6 Å². The summed E-state index contributed by atoms with van der Waals surface area (Å²) in [5, 5.41) is 3.71. The average Bonchev–Trinajstić information content (AvgIpc) is 2.85. The largest absolute Gasteiger partial charge is 0.367 e. The van der Waals surface area contributed by atoms with Crippen LogP contribution in [-0.2, 0) is 6.42 Å². The summed E-state index contributed by atoms with van der Waals surface area (Å²) in [6, 6.07) is 6.30. The van der Waals surface area contributed by atoms with Crippen LogP contribution in [0.2, 0.25) is 0 Å². The molecule has 76 valence electrons. The third-order valence-electron chi connectivity index (χ3n) is 2.60. The molecule has 0 spiro atoms. The maximum Gasteiger partial charge on any atom is 0.229 e. The summed E-state index contributed by atoms with van der Waals surface area (Å²) in [4.78, 5) is 1.33. The Hall–Kier alpha value is -1.42. The third-order valence-corrected chi connectivity index (χ3v) is 3.78. The van der Waals surface area contributed by atoms with Crippen molar-refractivity contribution in [3.8, 4) is 11.1 Å². The second-order valence-electron chi connectivity index (χ2n) is 3.50. The molecule has 15 heavy (non-hydrogen) atoms. The minimum atomic E-state index is 0.399. The molecule has 2 heterocycles. The van der Waals surface area contributed by atoms with Gasteiger partial charge in [-0.2, -0.15) is 0 Å². The molecule has 1 aromatic carbocycles. The van der Waals surface area contributed by atoms with E-state index in [9.17, 15) is 0 Å². The highest BCUT2D eigenvalue weighted by atomic mass is 32.2. The Labute approximate surface area is 91.6 Å². The van der Waals surface area contributed by atoms with Crippen LogP contribution in [0, 0.1) is 0 Å². The van der Waals surface area contributed by atoms with E-state index >= 15 is 0 Å². The van der Waals surface area contributed by atoms with Crippen molar-refractivity contribution in [3.63, 3.8) is 0 Å². The van der Waals surface area contributed by atoms with Crippen molar-refractivity contribution in [3.05, 3.63) is 30.0 Å². The maximum atomic E-state index is 5.73. The molecule has 0 atom stereocenters. The first-order valence-corrected chi connectivity index (χ1v) is 5.80. The van der Waals surface area contributed by atoms with Crippen molar-refractivity contribution in [1.29, 1.82) is 0 Å². The lowest BCUT2D eigenvalue weighted by Gasteiger charge is -2.04. The number of anilines is 1.